The summed E-state index contributed by atoms with van der Waals surface area (Å²) >= 11 is 1.01. The van der Waals surface area contributed by atoms with Crippen molar-refractivity contribution >= 4 is 33.9 Å². The van der Waals surface area contributed by atoms with Crippen molar-refractivity contribution in [3.05, 3.63) is 80.6 Å². The summed E-state index contributed by atoms with van der Waals surface area (Å²) in [6, 6.07) is 7.29. The van der Waals surface area contributed by atoms with Gasteiger partial charge in [0.2, 0.25) is 4.88 Å². The largest absolute Gasteiger partial charge is 0.539 e. The summed E-state index contributed by atoms with van der Waals surface area (Å²) in [6.07, 6.45) is -4.58. The van der Waals surface area contributed by atoms with Crippen molar-refractivity contribution in [3.63, 3.8) is 0 Å². The fourth-order valence-corrected chi connectivity index (χ4v) is 5.56. The van der Waals surface area contributed by atoms with E-state index in [2.05, 4.69) is 14.7 Å². The number of carboxylic acid groups (broad SMARTS) is 1. The molecule has 35 heavy (non-hydrogen) atoms. The molecule has 0 saturated carbocycles. The van der Waals surface area contributed by atoms with E-state index in [0.717, 1.165) is 41.7 Å². The lowest BCUT2D eigenvalue weighted by Gasteiger charge is -2.08. The lowest BCUT2D eigenvalue weighted by atomic mass is 10.1. The number of rotatable bonds is 5. The van der Waals surface area contributed by atoms with E-state index in [1.807, 2.05) is 0 Å². The van der Waals surface area contributed by atoms with Crippen molar-refractivity contribution in [2.24, 2.45) is 0 Å². The molecule has 1 amide bonds. The lowest BCUT2D eigenvalue weighted by Crippen LogP contribution is -2.24. The fourth-order valence-electron chi connectivity index (χ4n) is 3.26. The van der Waals surface area contributed by atoms with E-state index in [0.29, 0.717) is 0 Å². The van der Waals surface area contributed by atoms with E-state index in [-0.39, 0.29) is 26.7 Å². The summed E-state index contributed by atoms with van der Waals surface area (Å²) in [5.74, 6) is -5.25. The lowest BCUT2D eigenvalue weighted by molar-refractivity contribution is -0.255. The Morgan fingerprint density at radius 3 is 2.34 bits per heavy atom. The van der Waals surface area contributed by atoms with Crippen molar-refractivity contribution in [1.29, 1.82) is 0 Å². The average molecular weight is 525 g/mol. The molecule has 0 spiro atoms. The summed E-state index contributed by atoms with van der Waals surface area (Å²) < 4.78 is 69.8. The van der Waals surface area contributed by atoms with E-state index in [9.17, 15) is 36.6 Å². The molecule has 4 rings (SSSR count). The van der Waals surface area contributed by atoms with E-state index in [4.69, 9.17) is 0 Å². The number of hydrogen-bond acceptors (Lipinski definition) is 6. The van der Waals surface area contributed by atoms with Gasteiger partial charge in [-0.15, -0.1) is 16.1 Å². The number of benzene rings is 2. The summed E-state index contributed by atoms with van der Waals surface area (Å²) in [5, 5.41) is 11.1. The number of hydrogen-bond donors (Lipinski definition) is 1. The Morgan fingerprint density at radius 2 is 1.71 bits per heavy atom. The quantitative estimate of drug-likeness (QED) is 0.293. The second-order valence-corrected chi connectivity index (χ2v) is 9.72. The normalized spacial score (nSPS) is 12.0. The van der Waals surface area contributed by atoms with E-state index < -0.39 is 56.5 Å². The van der Waals surface area contributed by atoms with Gasteiger partial charge in [-0.05, 0) is 29.8 Å². The Bertz CT molecular complexity index is 1440. The van der Waals surface area contributed by atoms with Crippen LogP contribution in [0, 0.1) is 18.6 Å². The van der Waals surface area contributed by atoms with E-state index in [1.165, 1.54) is 24.6 Å². The molecular weight excluding hydrogens is 513 g/mol. The Kier molecular flexibility index (Phi) is 6.38. The van der Waals surface area contributed by atoms with Crippen LogP contribution in [-0.2, 0) is 6.18 Å². The van der Waals surface area contributed by atoms with Gasteiger partial charge < -0.3 is 9.90 Å². The molecular formula is C22H12F5N3O3S2. The molecule has 0 aliphatic carbocycles. The van der Waals surface area contributed by atoms with Crippen LogP contribution in [0.5, 0.6) is 0 Å². The van der Waals surface area contributed by atoms with Gasteiger partial charge in [-0.2, -0.15) is 18.2 Å². The average Bonchev–Trinajstić information content (AvgIpc) is 3.38. The van der Waals surface area contributed by atoms with Crippen LogP contribution in [0.15, 0.2) is 48.0 Å². The van der Waals surface area contributed by atoms with Crippen molar-refractivity contribution in [2.45, 2.75) is 13.1 Å². The number of carbonyl (C=O) groups is 2. The summed E-state index contributed by atoms with van der Waals surface area (Å²) in [4.78, 5) is 32.9. The first-order valence-electron chi connectivity index (χ1n) is 9.60. The molecule has 6 nitrogen and oxygen atoms in total. The molecule has 0 saturated heterocycles. The van der Waals surface area contributed by atoms with Gasteiger partial charge in [0.05, 0.1) is 16.0 Å². The van der Waals surface area contributed by atoms with Crippen LogP contribution in [0.1, 0.15) is 30.6 Å². The van der Waals surface area contributed by atoms with Gasteiger partial charge >= 0.3 is 17.1 Å². The Hall–Kier alpha value is -3.71. The number of aromatic nitrogens is 2. The smallest absolute Gasteiger partial charge is 0.416 e. The molecule has 2 heterocycles. The highest BCUT2D eigenvalue weighted by molar-refractivity contribution is 7.36. The zero-order chi connectivity index (χ0) is 25.5. The van der Waals surface area contributed by atoms with Crippen molar-refractivity contribution in [1.82, 2.24) is 9.97 Å². The zero-order valence-corrected chi connectivity index (χ0v) is 19.1. The maximum absolute atomic E-state index is 14.0. The monoisotopic (exact) mass is 525 g/mol. The molecule has 0 aliphatic heterocycles. The van der Waals surface area contributed by atoms with Gasteiger partial charge in [-0.3, -0.25) is 4.79 Å². The van der Waals surface area contributed by atoms with Gasteiger partial charge in [0.1, 0.15) is 39.5 Å². The SMILES string of the molecule is Cc1c(-c2ncsc2-c2cccc(C(F)(F)F)c2)nc(C(=O)[O-])[s+]1NC(=O)c1c(F)cccc1F. The van der Waals surface area contributed by atoms with Gasteiger partial charge in [0.25, 0.3) is 0 Å². The van der Waals surface area contributed by atoms with Crippen LogP contribution in [0.25, 0.3) is 21.8 Å². The van der Waals surface area contributed by atoms with Crippen LogP contribution in [-0.4, -0.2) is 21.8 Å². The summed E-state index contributed by atoms with van der Waals surface area (Å²) in [6.45, 7) is 1.42. The van der Waals surface area contributed by atoms with E-state index >= 15 is 0 Å². The van der Waals surface area contributed by atoms with Crippen molar-refractivity contribution in [3.8, 4) is 21.8 Å². The van der Waals surface area contributed by atoms with Crippen LogP contribution in [0.4, 0.5) is 22.0 Å². The highest BCUT2D eigenvalue weighted by Crippen LogP contribution is 2.41. The number of halogens is 5. The summed E-state index contributed by atoms with van der Waals surface area (Å²) in [7, 11) is -1.77. The molecule has 1 N–H and O–H groups in total. The number of aromatic carboxylic acids is 1. The number of nitrogens with one attached hydrogen (secondary N) is 1. The number of amides is 1. The standard InChI is InChI=1S/C22H12F5N3O3S2/c1-10-16(17-18(34-9-28-17)11-4-2-5-12(8-11)22(25,26)27)29-20(21(32)33)35(10)30-19(31)15-13(23)6-3-7-14(15)24/h2-9H,1H3,(H-,30,31,32,33). The number of carboxylic acids is 1. The molecule has 13 heteroatoms. The topological polar surface area (TPSA) is 95.0 Å². The number of thiazole rings is 2. The predicted molar refractivity (Wildman–Crippen MR) is 117 cm³/mol. The molecule has 0 aliphatic rings. The second kappa shape index (κ2) is 9.15. The highest BCUT2D eigenvalue weighted by Gasteiger charge is 2.34. The van der Waals surface area contributed by atoms with Crippen LogP contribution < -0.4 is 9.83 Å². The first kappa shape index (κ1) is 24.4. The van der Waals surface area contributed by atoms with Gasteiger partial charge in [-0.25, -0.2) is 13.8 Å². The highest BCUT2D eigenvalue weighted by atomic mass is 32.2. The third kappa shape index (κ3) is 4.64. The number of nitrogens with zero attached hydrogens (tertiary/aromatic N) is 2. The fraction of sp³-hybridized carbons (Fsp3) is 0.0909. The molecule has 2 aromatic carbocycles. The maximum atomic E-state index is 14.0. The summed E-state index contributed by atoms with van der Waals surface area (Å²) in [5.41, 5.74) is -0.181. The minimum atomic E-state index is -4.58. The third-order valence-electron chi connectivity index (χ3n) is 4.85. The molecule has 180 valence electrons. The van der Waals surface area contributed by atoms with Crippen LogP contribution in [0.3, 0.4) is 0 Å². The predicted octanol–water partition coefficient (Wildman–Crippen LogP) is 4.97. The minimum absolute atomic E-state index is 0.00417. The van der Waals surface area contributed by atoms with Gasteiger partial charge in [0.15, 0.2) is 5.69 Å². The van der Waals surface area contributed by atoms with Crippen molar-refractivity contribution < 1.29 is 36.6 Å². The maximum Gasteiger partial charge on any atom is 0.416 e. The molecule has 4 aromatic rings. The number of carbonyl (C=O) groups excluding carboxylic acids is 2. The van der Waals surface area contributed by atoms with Crippen molar-refractivity contribution in [2.75, 3.05) is 4.72 Å². The molecule has 1 atom stereocenters. The second-order valence-electron chi connectivity index (χ2n) is 7.05. The van der Waals surface area contributed by atoms with Gasteiger partial charge in [-0.1, -0.05) is 18.2 Å². The molecule has 1 unspecified atom stereocenters. The molecule has 0 fully saturated rings. The molecule has 0 radical (unpaired) electrons. The Labute approximate surface area is 200 Å². The first-order chi connectivity index (χ1) is 16.5. The van der Waals surface area contributed by atoms with Gasteiger partial charge in [0, 0.05) is 6.92 Å². The Morgan fingerprint density at radius 1 is 1.06 bits per heavy atom. The Balaban J connectivity index is 1.80. The number of alkyl halides is 3. The molecule has 0 bridgehead atoms. The minimum Gasteiger partial charge on any atom is -0.539 e. The van der Waals surface area contributed by atoms with Crippen LogP contribution in [0.2, 0.25) is 0 Å². The zero-order valence-electron chi connectivity index (χ0n) is 17.4. The first-order valence-corrected chi connectivity index (χ1v) is 11.7. The van der Waals surface area contributed by atoms with E-state index in [1.54, 1.807) is 0 Å². The molecule has 2 aromatic heterocycles. The third-order valence-corrected chi connectivity index (χ3v) is 7.56. The van der Waals surface area contributed by atoms with Crippen LogP contribution >= 0.6 is 22.0 Å².